The average molecular weight is 534 g/mol. The van der Waals surface area contributed by atoms with Gasteiger partial charge in [0.25, 0.3) is 0 Å². The van der Waals surface area contributed by atoms with Crippen LogP contribution in [0.2, 0.25) is 0 Å². The summed E-state index contributed by atoms with van der Waals surface area (Å²) in [6, 6.07) is 8.98. The first-order chi connectivity index (χ1) is 19.2. The SMILES string of the molecule is NC(=O)CCCCCCCc1ccc(Nc2nc(NC3CCCCC3)c3ncn(C4CCCCO4)c3n2)cc1. The Bertz CT molecular complexity index is 1200. The number of unbranched alkanes of at least 4 members (excludes halogenated alkanes) is 4. The van der Waals surface area contributed by atoms with Crippen molar-refractivity contribution in [3.63, 3.8) is 0 Å². The number of primary amides is 1. The third-order valence-electron chi connectivity index (χ3n) is 7.93. The zero-order valence-corrected chi connectivity index (χ0v) is 23.0. The Labute approximate surface area is 231 Å². The average Bonchev–Trinajstić information content (AvgIpc) is 3.39. The summed E-state index contributed by atoms with van der Waals surface area (Å²) >= 11 is 0. The van der Waals surface area contributed by atoms with E-state index in [0.717, 1.165) is 93.5 Å². The molecular weight excluding hydrogens is 490 g/mol. The van der Waals surface area contributed by atoms with Crippen LogP contribution in [0.3, 0.4) is 0 Å². The molecule has 2 aliphatic rings. The van der Waals surface area contributed by atoms with E-state index in [-0.39, 0.29) is 12.1 Å². The number of aryl methyl sites for hydroxylation is 1. The van der Waals surface area contributed by atoms with E-state index in [1.807, 2.05) is 6.33 Å². The molecule has 0 bridgehead atoms. The Kier molecular flexibility index (Phi) is 9.64. The number of amides is 1. The number of hydrogen-bond acceptors (Lipinski definition) is 7. The number of rotatable bonds is 13. The fourth-order valence-corrected chi connectivity index (χ4v) is 5.71. The van der Waals surface area contributed by atoms with E-state index < -0.39 is 0 Å². The van der Waals surface area contributed by atoms with Crippen molar-refractivity contribution in [3.8, 4) is 0 Å². The molecule has 2 aromatic heterocycles. The van der Waals surface area contributed by atoms with Crippen LogP contribution >= 0.6 is 0 Å². The van der Waals surface area contributed by atoms with Gasteiger partial charge in [-0.25, -0.2) is 4.98 Å². The van der Waals surface area contributed by atoms with Gasteiger partial charge >= 0.3 is 0 Å². The molecule has 9 nitrogen and oxygen atoms in total. The van der Waals surface area contributed by atoms with Gasteiger partial charge in [-0.2, -0.15) is 9.97 Å². The van der Waals surface area contributed by atoms with Crippen LogP contribution in [0.15, 0.2) is 30.6 Å². The van der Waals surface area contributed by atoms with Gasteiger partial charge in [0.15, 0.2) is 17.0 Å². The van der Waals surface area contributed by atoms with Crippen molar-refractivity contribution >= 4 is 34.5 Å². The van der Waals surface area contributed by atoms with Crippen molar-refractivity contribution in [2.75, 3.05) is 17.2 Å². The molecule has 3 aromatic rings. The Morgan fingerprint density at radius 2 is 1.72 bits per heavy atom. The number of carbonyl (C=O) groups is 1. The minimum Gasteiger partial charge on any atom is -0.370 e. The van der Waals surface area contributed by atoms with Crippen LogP contribution in [-0.4, -0.2) is 38.1 Å². The third-order valence-corrected chi connectivity index (χ3v) is 7.93. The topological polar surface area (TPSA) is 120 Å². The number of aromatic nitrogens is 4. The van der Waals surface area contributed by atoms with Crippen molar-refractivity contribution in [2.24, 2.45) is 5.73 Å². The van der Waals surface area contributed by atoms with Crippen LogP contribution < -0.4 is 16.4 Å². The smallest absolute Gasteiger partial charge is 0.231 e. The summed E-state index contributed by atoms with van der Waals surface area (Å²) in [5, 5.41) is 7.13. The van der Waals surface area contributed by atoms with E-state index in [0.29, 0.717) is 18.4 Å². The van der Waals surface area contributed by atoms with Gasteiger partial charge in [-0.15, -0.1) is 0 Å². The van der Waals surface area contributed by atoms with Crippen LogP contribution in [0.4, 0.5) is 17.5 Å². The minimum absolute atomic E-state index is 0.0310. The van der Waals surface area contributed by atoms with Gasteiger partial charge in [0.2, 0.25) is 11.9 Å². The van der Waals surface area contributed by atoms with Gasteiger partial charge < -0.3 is 21.1 Å². The Morgan fingerprint density at radius 1 is 0.949 bits per heavy atom. The fraction of sp³-hybridized carbons (Fsp3) is 0.600. The van der Waals surface area contributed by atoms with Gasteiger partial charge in [0.1, 0.15) is 6.23 Å². The quantitative estimate of drug-likeness (QED) is 0.218. The maximum Gasteiger partial charge on any atom is 0.231 e. The maximum absolute atomic E-state index is 10.8. The molecule has 210 valence electrons. The summed E-state index contributed by atoms with van der Waals surface area (Å²) < 4.78 is 8.14. The highest BCUT2D eigenvalue weighted by Gasteiger charge is 2.23. The van der Waals surface area contributed by atoms with Crippen molar-refractivity contribution < 1.29 is 9.53 Å². The molecule has 1 aliphatic carbocycles. The first kappa shape index (κ1) is 27.4. The zero-order chi connectivity index (χ0) is 26.9. The molecule has 1 saturated carbocycles. The van der Waals surface area contributed by atoms with Crippen molar-refractivity contribution in [3.05, 3.63) is 36.2 Å². The fourth-order valence-electron chi connectivity index (χ4n) is 5.71. The molecule has 5 rings (SSSR count). The number of hydrogen-bond donors (Lipinski definition) is 3. The molecule has 1 unspecified atom stereocenters. The van der Waals surface area contributed by atoms with Crippen LogP contribution in [0.25, 0.3) is 11.2 Å². The number of ether oxygens (including phenoxy) is 1. The van der Waals surface area contributed by atoms with Crippen LogP contribution in [0.5, 0.6) is 0 Å². The van der Waals surface area contributed by atoms with Crippen molar-refractivity contribution in [1.82, 2.24) is 19.5 Å². The highest BCUT2D eigenvalue weighted by Crippen LogP contribution is 2.31. The number of carbonyl (C=O) groups excluding carboxylic acids is 1. The number of fused-ring (bicyclic) bond motifs is 1. The maximum atomic E-state index is 10.8. The molecule has 2 fully saturated rings. The van der Waals surface area contributed by atoms with Crippen LogP contribution in [0.1, 0.15) is 102 Å². The number of anilines is 3. The largest absolute Gasteiger partial charge is 0.370 e. The van der Waals surface area contributed by atoms with E-state index in [9.17, 15) is 4.79 Å². The first-order valence-electron chi connectivity index (χ1n) is 14.9. The molecule has 3 heterocycles. The molecule has 39 heavy (non-hydrogen) atoms. The van der Waals surface area contributed by atoms with Crippen molar-refractivity contribution in [1.29, 1.82) is 0 Å². The highest BCUT2D eigenvalue weighted by molar-refractivity contribution is 5.85. The van der Waals surface area contributed by atoms with E-state index >= 15 is 0 Å². The normalized spacial score (nSPS) is 18.3. The molecule has 9 heteroatoms. The Balaban J connectivity index is 1.25. The van der Waals surface area contributed by atoms with Gasteiger partial charge in [0.05, 0.1) is 6.33 Å². The summed E-state index contributed by atoms with van der Waals surface area (Å²) in [7, 11) is 0. The summed E-state index contributed by atoms with van der Waals surface area (Å²) in [4.78, 5) is 25.4. The van der Waals surface area contributed by atoms with E-state index in [2.05, 4.69) is 39.5 Å². The first-order valence-corrected chi connectivity index (χ1v) is 14.9. The van der Waals surface area contributed by atoms with E-state index in [4.69, 9.17) is 25.4 Å². The number of nitrogens with zero attached hydrogens (tertiary/aromatic N) is 4. The molecule has 0 radical (unpaired) electrons. The lowest BCUT2D eigenvalue weighted by Gasteiger charge is -2.25. The summed E-state index contributed by atoms with van der Waals surface area (Å²) in [5.41, 5.74) is 9.12. The second-order valence-corrected chi connectivity index (χ2v) is 11.1. The second kappa shape index (κ2) is 13.7. The summed E-state index contributed by atoms with van der Waals surface area (Å²) in [6.45, 7) is 0.773. The number of nitrogens with two attached hydrogens (primary N) is 1. The number of benzene rings is 1. The molecule has 1 aliphatic heterocycles. The predicted molar refractivity (Wildman–Crippen MR) is 155 cm³/mol. The highest BCUT2D eigenvalue weighted by atomic mass is 16.5. The van der Waals surface area contributed by atoms with Crippen LogP contribution in [0, 0.1) is 0 Å². The Morgan fingerprint density at radius 3 is 2.49 bits per heavy atom. The lowest BCUT2D eigenvalue weighted by Crippen LogP contribution is -2.23. The molecular formula is C30H43N7O2. The summed E-state index contributed by atoms with van der Waals surface area (Å²) in [6.07, 6.45) is 18.2. The molecule has 4 N–H and O–H groups in total. The number of imidazole rings is 1. The molecule has 1 saturated heterocycles. The lowest BCUT2D eigenvalue weighted by atomic mass is 9.95. The molecule has 1 amide bonds. The lowest BCUT2D eigenvalue weighted by molar-refractivity contribution is -0.118. The standard InChI is InChI=1S/C30H43N7O2/c31-25(38)14-8-3-1-2-5-11-22-16-18-24(19-17-22)34-30-35-28(33-23-12-6-4-7-13-23)27-29(36-30)37(21-32-27)26-15-9-10-20-39-26/h16-19,21,23,26H,1-15,20H2,(H2,31,38)(H2,33,34,35,36). The Hall–Kier alpha value is -3.20. The number of nitrogens with one attached hydrogen (secondary N) is 2. The van der Waals surface area contributed by atoms with Crippen molar-refractivity contribution in [2.45, 2.75) is 109 Å². The third kappa shape index (κ3) is 7.68. The van der Waals surface area contributed by atoms with Gasteiger partial charge in [0, 0.05) is 24.8 Å². The minimum atomic E-state index is -0.199. The van der Waals surface area contributed by atoms with E-state index in [1.165, 1.54) is 31.2 Å². The predicted octanol–water partition coefficient (Wildman–Crippen LogP) is 6.38. The molecule has 1 aromatic carbocycles. The zero-order valence-electron chi connectivity index (χ0n) is 23.0. The van der Waals surface area contributed by atoms with E-state index in [1.54, 1.807) is 0 Å². The van der Waals surface area contributed by atoms with Gasteiger partial charge in [-0.1, -0.05) is 50.7 Å². The molecule has 0 spiro atoms. The molecule has 1 atom stereocenters. The summed E-state index contributed by atoms with van der Waals surface area (Å²) in [5.74, 6) is 1.17. The van der Waals surface area contributed by atoms with Gasteiger partial charge in [-0.05, 0) is 69.1 Å². The second-order valence-electron chi connectivity index (χ2n) is 11.1. The van der Waals surface area contributed by atoms with Crippen LogP contribution in [-0.2, 0) is 16.0 Å². The van der Waals surface area contributed by atoms with Gasteiger partial charge in [-0.3, -0.25) is 9.36 Å². The monoisotopic (exact) mass is 533 g/mol.